The van der Waals surface area contributed by atoms with Gasteiger partial charge in [-0.15, -0.1) is 0 Å². The first-order valence-electron chi connectivity index (χ1n) is 12.0. The Bertz CT molecular complexity index is 1290. The molecule has 0 amide bonds. The van der Waals surface area contributed by atoms with Crippen LogP contribution in [0.2, 0.25) is 0 Å². The average molecular weight is 582 g/mol. The van der Waals surface area contributed by atoms with Gasteiger partial charge in [0.2, 0.25) is 17.4 Å². The largest absolute Gasteiger partial charge is 0.497 e. The van der Waals surface area contributed by atoms with Crippen LogP contribution < -0.4 is 9.47 Å². The van der Waals surface area contributed by atoms with Gasteiger partial charge in [-0.2, -0.15) is 35.1 Å². The lowest BCUT2D eigenvalue weighted by molar-refractivity contribution is -0.193. The molecular weight excluding hydrogens is 558 g/mol. The minimum Gasteiger partial charge on any atom is -0.497 e. The summed E-state index contributed by atoms with van der Waals surface area (Å²) in [5.41, 5.74) is -5.12. The van der Waals surface area contributed by atoms with Crippen LogP contribution in [0.25, 0.3) is 0 Å². The minimum absolute atomic E-state index is 0.165. The van der Waals surface area contributed by atoms with Crippen LogP contribution in [0.15, 0.2) is 48.5 Å². The maximum atomic E-state index is 14.7. The van der Waals surface area contributed by atoms with E-state index in [9.17, 15) is 43.9 Å². The lowest BCUT2D eigenvalue weighted by Crippen LogP contribution is -2.44. The van der Waals surface area contributed by atoms with Gasteiger partial charge in [0, 0.05) is 12.0 Å². The second-order valence-electron chi connectivity index (χ2n) is 9.18. The van der Waals surface area contributed by atoms with E-state index >= 15 is 0 Å². The number of rotatable bonds is 9. The summed E-state index contributed by atoms with van der Waals surface area (Å²) >= 11 is 0. The highest BCUT2D eigenvalue weighted by atomic mass is 19.4. The molecule has 0 saturated carbocycles. The molecule has 218 valence electrons. The van der Waals surface area contributed by atoms with Gasteiger partial charge in [0.15, 0.2) is 11.6 Å². The molecule has 0 fully saturated rings. The molecule has 0 aliphatic carbocycles. The second-order valence-corrected chi connectivity index (χ2v) is 9.18. The predicted octanol–water partition coefficient (Wildman–Crippen LogP) is 9.75. The number of hydrogen-bond donors (Lipinski definition) is 0. The van der Waals surface area contributed by atoms with Crippen molar-refractivity contribution < 1.29 is 53.4 Å². The maximum absolute atomic E-state index is 14.7. The summed E-state index contributed by atoms with van der Waals surface area (Å²) in [7, 11) is 1.26. The van der Waals surface area contributed by atoms with E-state index < -0.39 is 88.0 Å². The Balaban J connectivity index is 2.11. The Labute approximate surface area is 223 Å². The summed E-state index contributed by atoms with van der Waals surface area (Å²) in [5, 5.41) is 0. The molecule has 0 N–H and O–H groups in total. The molecular formula is C28H24F10O2. The Morgan fingerprint density at radius 1 is 0.675 bits per heavy atom. The molecule has 40 heavy (non-hydrogen) atoms. The van der Waals surface area contributed by atoms with Crippen LogP contribution in [0, 0.1) is 23.3 Å². The van der Waals surface area contributed by atoms with Gasteiger partial charge in [0.1, 0.15) is 16.9 Å². The third-order valence-corrected chi connectivity index (χ3v) is 6.78. The van der Waals surface area contributed by atoms with Crippen molar-refractivity contribution in [1.29, 1.82) is 0 Å². The van der Waals surface area contributed by atoms with Gasteiger partial charge in [-0.1, -0.05) is 38.1 Å². The van der Waals surface area contributed by atoms with E-state index in [-0.39, 0.29) is 12.2 Å². The van der Waals surface area contributed by atoms with Gasteiger partial charge in [-0.05, 0) is 54.2 Å². The summed E-state index contributed by atoms with van der Waals surface area (Å²) in [6.45, 7) is 2.90. The molecule has 3 rings (SSSR count). The van der Waals surface area contributed by atoms with Crippen molar-refractivity contribution in [2.75, 3.05) is 7.11 Å². The molecule has 0 radical (unpaired) electrons. The molecule has 0 bridgehead atoms. The van der Waals surface area contributed by atoms with Crippen LogP contribution in [0.5, 0.6) is 17.2 Å². The van der Waals surface area contributed by atoms with E-state index in [1.807, 2.05) is 0 Å². The molecule has 2 nitrogen and oxygen atoms in total. The summed E-state index contributed by atoms with van der Waals surface area (Å²) in [4.78, 5) is 0. The number of ether oxygens (including phenoxy) is 2. The van der Waals surface area contributed by atoms with Gasteiger partial charge in [-0.3, -0.25) is 0 Å². The SMILES string of the molecule is CCC(C)c1c(F)c(F)c(Oc2ccc(C(CCC(F)(F)F)(c3ccc(OC)cc3)C(F)(F)F)cc2)c(F)c1F. The lowest BCUT2D eigenvalue weighted by atomic mass is 9.70. The first-order valence-corrected chi connectivity index (χ1v) is 12.0. The molecule has 2 atom stereocenters. The third kappa shape index (κ3) is 6.00. The number of hydrogen-bond acceptors (Lipinski definition) is 2. The van der Waals surface area contributed by atoms with E-state index in [0.29, 0.717) is 0 Å². The van der Waals surface area contributed by atoms with Gasteiger partial charge in [-0.25, -0.2) is 8.78 Å². The van der Waals surface area contributed by atoms with Crippen LogP contribution in [-0.4, -0.2) is 19.5 Å². The zero-order valence-corrected chi connectivity index (χ0v) is 21.4. The first kappa shape index (κ1) is 31.1. The monoisotopic (exact) mass is 582 g/mol. The summed E-state index contributed by atoms with van der Waals surface area (Å²) in [6.07, 6.45) is -13.2. The van der Waals surface area contributed by atoms with Crippen LogP contribution in [0.1, 0.15) is 55.7 Å². The molecule has 0 aromatic heterocycles. The molecule has 12 heteroatoms. The van der Waals surface area contributed by atoms with E-state index in [1.165, 1.54) is 26.2 Å². The Morgan fingerprint density at radius 3 is 1.50 bits per heavy atom. The number of alkyl halides is 6. The van der Waals surface area contributed by atoms with Crippen LogP contribution in [-0.2, 0) is 5.41 Å². The first-order chi connectivity index (χ1) is 18.6. The van der Waals surface area contributed by atoms with Crippen molar-refractivity contribution >= 4 is 0 Å². The van der Waals surface area contributed by atoms with Crippen LogP contribution >= 0.6 is 0 Å². The Kier molecular flexibility index (Phi) is 9.00. The van der Waals surface area contributed by atoms with E-state index in [0.717, 1.165) is 36.4 Å². The fourth-order valence-corrected chi connectivity index (χ4v) is 4.41. The van der Waals surface area contributed by atoms with Gasteiger partial charge in [0.05, 0.1) is 7.11 Å². The number of benzene rings is 3. The van der Waals surface area contributed by atoms with Crippen LogP contribution in [0.3, 0.4) is 0 Å². The zero-order valence-electron chi connectivity index (χ0n) is 21.4. The molecule has 0 saturated heterocycles. The van der Waals surface area contributed by atoms with Crippen molar-refractivity contribution in [3.05, 3.63) is 88.5 Å². The predicted molar refractivity (Wildman–Crippen MR) is 127 cm³/mol. The van der Waals surface area contributed by atoms with Crippen molar-refractivity contribution in [2.24, 2.45) is 0 Å². The topological polar surface area (TPSA) is 18.5 Å². The van der Waals surface area contributed by atoms with Crippen LogP contribution in [0.4, 0.5) is 43.9 Å². The molecule has 2 unspecified atom stereocenters. The van der Waals surface area contributed by atoms with Crippen molar-refractivity contribution in [2.45, 2.75) is 56.8 Å². The highest BCUT2D eigenvalue weighted by molar-refractivity contribution is 5.46. The highest BCUT2D eigenvalue weighted by Crippen LogP contribution is 2.51. The van der Waals surface area contributed by atoms with Gasteiger partial charge < -0.3 is 9.47 Å². The number of methoxy groups -OCH3 is 1. The molecule has 0 aliphatic heterocycles. The normalized spacial score (nSPS) is 14.5. The maximum Gasteiger partial charge on any atom is 0.402 e. The third-order valence-electron chi connectivity index (χ3n) is 6.78. The Hall–Kier alpha value is -3.44. The molecule has 0 heterocycles. The van der Waals surface area contributed by atoms with Crippen molar-refractivity contribution in [1.82, 2.24) is 0 Å². The quantitative estimate of drug-likeness (QED) is 0.185. The summed E-state index contributed by atoms with van der Waals surface area (Å²) in [6, 6.07) is 7.48. The summed E-state index contributed by atoms with van der Waals surface area (Å²) in [5.74, 6) is -9.71. The smallest absolute Gasteiger partial charge is 0.402 e. The average Bonchev–Trinajstić information content (AvgIpc) is 2.90. The lowest BCUT2D eigenvalue weighted by Gasteiger charge is -2.37. The standard InChI is InChI=1S/C28H24F10O2/c1-4-15(2)20-21(29)23(31)25(24(32)22(20)30)40-19-11-7-17(8-12-19)26(28(36,37)38,13-14-27(33,34)35)16-5-9-18(39-3)10-6-16/h5-12,15H,4,13-14H2,1-3H3. The fourth-order valence-electron chi connectivity index (χ4n) is 4.41. The zero-order chi connectivity index (χ0) is 30.0. The minimum atomic E-state index is -5.23. The summed E-state index contributed by atoms with van der Waals surface area (Å²) < 4.78 is 152. The Morgan fingerprint density at radius 2 is 1.12 bits per heavy atom. The fraction of sp³-hybridized carbons (Fsp3) is 0.357. The van der Waals surface area contributed by atoms with E-state index in [1.54, 1.807) is 6.92 Å². The van der Waals surface area contributed by atoms with Crippen molar-refractivity contribution in [3.8, 4) is 17.2 Å². The second kappa shape index (κ2) is 11.6. The van der Waals surface area contributed by atoms with Gasteiger partial charge >= 0.3 is 12.4 Å². The molecule has 3 aromatic carbocycles. The van der Waals surface area contributed by atoms with E-state index in [2.05, 4.69) is 0 Å². The number of halogens is 10. The highest BCUT2D eigenvalue weighted by Gasteiger charge is 2.57. The molecule has 0 aliphatic rings. The van der Waals surface area contributed by atoms with E-state index in [4.69, 9.17) is 9.47 Å². The molecule has 0 spiro atoms. The van der Waals surface area contributed by atoms with Crippen molar-refractivity contribution in [3.63, 3.8) is 0 Å². The molecule has 3 aromatic rings. The van der Waals surface area contributed by atoms with Gasteiger partial charge in [0.25, 0.3) is 0 Å².